The minimum Gasteiger partial charge on any atom is -0.465 e. The molecule has 5 nitrogen and oxygen atoms in total. The molecule has 1 fully saturated rings. The van der Waals surface area contributed by atoms with E-state index >= 15 is 0 Å². The van der Waals surface area contributed by atoms with Gasteiger partial charge in [0.25, 0.3) is 5.91 Å². The van der Waals surface area contributed by atoms with Crippen molar-refractivity contribution in [2.45, 2.75) is 6.92 Å². The van der Waals surface area contributed by atoms with Gasteiger partial charge in [0.05, 0.1) is 11.2 Å². The van der Waals surface area contributed by atoms with Gasteiger partial charge in [-0.05, 0) is 36.8 Å². The minimum atomic E-state index is -0.295. The Kier molecular flexibility index (Phi) is 4.82. The first-order chi connectivity index (χ1) is 11.5. The molecule has 2 amide bonds. The molecular formula is C17H14N2O3S2. The molecule has 0 unspecified atom stereocenters. The molecule has 1 aliphatic heterocycles. The molecule has 0 aliphatic carbocycles. The van der Waals surface area contributed by atoms with Crippen LogP contribution in [0.4, 0.5) is 5.69 Å². The number of hydrogen-bond acceptors (Lipinski definition) is 5. The molecule has 3 rings (SSSR count). The zero-order valence-electron chi connectivity index (χ0n) is 12.8. The Hall–Kier alpha value is -2.38. The first kappa shape index (κ1) is 16.5. The fourth-order valence-electron chi connectivity index (χ4n) is 2.21. The van der Waals surface area contributed by atoms with Crippen molar-refractivity contribution >= 4 is 51.9 Å². The highest BCUT2D eigenvalue weighted by Crippen LogP contribution is 2.32. The predicted molar refractivity (Wildman–Crippen MR) is 98.4 cm³/mol. The Labute approximate surface area is 148 Å². The maximum Gasteiger partial charge on any atom is 0.266 e. The number of rotatable bonds is 4. The average Bonchev–Trinajstić information content (AvgIpc) is 3.12. The maximum atomic E-state index is 12.4. The van der Waals surface area contributed by atoms with Crippen LogP contribution in [0.1, 0.15) is 11.3 Å². The second kappa shape index (κ2) is 7.02. The third-order valence-electron chi connectivity index (χ3n) is 3.29. The Morgan fingerprint density at radius 1 is 1.38 bits per heavy atom. The summed E-state index contributed by atoms with van der Waals surface area (Å²) in [6.07, 6.45) is 3.15. The first-order valence-electron chi connectivity index (χ1n) is 7.18. The lowest BCUT2D eigenvalue weighted by Crippen LogP contribution is -2.36. The summed E-state index contributed by atoms with van der Waals surface area (Å²) in [5.74, 6) is -0.0170. The summed E-state index contributed by atoms with van der Waals surface area (Å²) in [6, 6.07) is 10.9. The molecule has 1 saturated heterocycles. The summed E-state index contributed by atoms with van der Waals surface area (Å²) >= 11 is 6.37. The Morgan fingerprint density at radius 2 is 2.21 bits per heavy atom. The van der Waals surface area contributed by atoms with Gasteiger partial charge < -0.3 is 9.73 Å². The summed E-state index contributed by atoms with van der Waals surface area (Å²) < 4.78 is 5.56. The Bertz CT molecular complexity index is 828. The second-order valence-corrected chi connectivity index (χ2v) is 6.88. The van der Waals surface area contributed by atoms with E-state index in [1.165, 1.54) is 11.2 Å². The monoisotopic (exact) mass is 358 g/mol. The van der Waals surface area contributed by atoms with Gasteiger partial charge in [0.2, 0.25) is 5.91 Å². The van der Waals surface area contributed by atoms with E-state index in [2.05, 4.69) is 5.32 Å². The van der Waals surface area contributed by atoms with Gasteiger partial charge >= 0.3 is 0 Å². The quantitative estimate of drug-likeness (QED) is 0.670. The Morgan fingerprint density at radius 3 is 2.92 bits per heavy atom. The highest BCUT2D eigenvalue weighted by molar-refractivity contribution is 8.26. The number of amides is 2. The van der Waals surface area contributed by atoms with Crippen LogP contribution in [0, 0.1) is 6.92 Å². The van der Waals surface area contributed by atoms with E-state index in [9.17, 15) is 9.59 Å². The van der Waals surface area contributed by atoms with Gasteiger partial charge in [0.1, 0.15) is 16.6 Å². The smallest absolute Gasteiger partial charge is 0.266 e. The number of carbonyl (C=O) groups is 2. The van der Waals surface area contributed by atoms with Crippen LogP contribution in [0.25, 0.3) is 6.08 Å². The number of furan rings is 1. The van der Waals surface area contributed by atoms with Crippen LogP contribution in [0.3, 0.4) is 0 Å². The normalized spacial score (nSPS) is 16.0. The lowest BCUT2D eigenvalue weighted by Gasteiger charge is -2.14. The predicted octanol–water partition coefficient (Wildman–Crippen LogP) is 3.43. The first-order valence-corrected chi connectivity index (χ1v) is 8.41. The molecule has 1 N–H and O–H groups in total. The molecule has 0 bridgehead atoms. The molecule has 1 aliphatic rings. The number of thiocarbonyl (C=S) groups is 1. The SMILES string of the molecule is Cc1cccc(NC(=O)CN2C(=O)/C(=C/c3ccco3)SC2=S)c1. The van der Waals surface area contributed by atoms with Gasteiger partial charge in [0, 0.05) is 11.8 Å². The molecule has 0 radical (unpaired) electrons. The number of thioether (sulfide) groups is 1. The molecule has 1 aromatic heterocycles. The Balaban J connectivity index is 1.67. The topological polar surface area (TPSA) is 62.6 Å². The lowest BCUT2D eigenvalue weighted by atomic mass is 10.2. The largest absolute Gasteiger partial charge is 0.465 e. The zero-order chi connectivity index (χ0) is 17.1. The van der Waals surface area contributed by atoms with Crippen molar-refractivity contribution in [3.8, 4) is 0 Å². The van der Waals surface area contributed by atoms with Crippen LogP contribution in [0.5, 0.6) is 0 Å². The van der Waals surface area contributed by atoms with Crippen molar-refractivity contribution in [1.29, 1.82) is 0 Å². The molecule has 0 spiro atoms. The molecule has 122 valence electrons. The van der Waals surface area contributed by atoms with Crippen LogP contribution in [-0.2, 0) is 9.59 Å². The van der Waals surface area contributed by atoms with E-state index in [-0.39, 0.29) is 18.4 Å². The van der Waals surface area contributed by atoms with Crippen molar-refractivity contribution in [2.24, 2.45) is 0 Å². The molecule has 0 saturated carbocycles. The standard InChI is InChI=1S/C17H14N2O3S2/c1-11-4-2-5-12(8-11)18-15(20)10-19-16(21)14(24-17(19)23)9-13-6-3-7-22-13/h2-9H,10H2,1H3,(H,18,20)/b14-9-. The van der Waals surface area contributed by atoms with Crippen molar-refractivity contribution in [2.75, 3.05) is 11.9 Å². The van der Waals surface area contributed by atoms with E-state index < -0.39 is 0 Å². The highest BCUT2D eigenvalue weighted by atomic mass is 32.2. The molecule has 1 aromatic carbocycles. The van der Waals surface area contributed by atoms with E-state index in [1.807, 2.05) is 25.1 Å². The van der Waals surface area contributed by atoms with Gasteiger partial charge in [-0.15, -0.1) is 0 Å². The number of hydrogen-bond donors (Lipinski definition) is 1. The summed E-state index contributed by atoms with van der Waals surface area (Å²) in [4.78, 5) is 26.3. The number of benzene rings is 1. The van der Waals surface area contributed by atoms with Crippen LogP contribution in [0.15, 0.2) is 52.0 Å². The highest BCUT2D eigenvalue weighted by Gasteiger charge is 2.33. The van der Waals surface area contributed by atoms with Crippen molar-refractivity contribution < 1.29 is 14.0 Å². The molecule has 7 heteroatoms. The fraction of sp³-hybridized carbons (Fsp3) is 0.118. The van der Waals surface area contributed by atoms with Gasteiger partial charge in [-0.25, -0.2) is 0 Å². The summed E-state index contributed by atoms with van der Waals surface area (Å²) in [5, 5.41) is 2.77. The van der Waals surface area contributed by atoms with Gasteiger partial charge in [0.15, 0.2) is 0 Å². The van der Waals surface area contributed by atoms with Crippen molar-refractivity contribution in [3.63, 3.8) is 0 Å². The van der Waals surface area contributed by atoms with Crippen molar-refractivity contribution in [1.82, 2.24) is 4.90 Å². The molecule has 24 heavy (non-hydrogen) atoms. The number of nitrogens with one attached hydrogen (secondary N) is 1. The molecule has 2 heterocycles. The van der Waals surface area contributed by atoms with Crippen LogP contribution in [-0.4, -0.2) is 27.6 Å². The van der Waals surface area contributed by atoms with E-state index in [4.69, 9.17) is 16.6 Å². The van der Waals surface area contributed by atoms with Crippen molar-refractivity contribution in [3.05, 3.63) is 58.9 Å². The van der Waals surface area contributed by atoms with E-state index in [0.29, 0.717) is 20.7 Å². The van der Waals surface area contributed by atoms with Gasteiger partial charge in [-0.1, -0.05) is 36.1 Å². The third kappa shape index (κ3) is 3.74. The maximum absolute atomic E-state index is 12.4. The number of nitrogens with zero attached hydrogens (tertiary/aromatic N) is 1. The number of aryl methyl sites for hydroxylation is 1. The average molecular weight is 358 g/mol. The second-order valence-electron chi connectivity index (χ2n) is 5.20. The van der Waals surface area contributed by atoms with Crippen LogP contribution < -0.4 is 5.32 Å². The molecule has 0 atom stereocenters. The van der Waals surface area contributed by atoms with Crippen LogP contribution >= 0.6 is 24.0 Å². The summed E-state index contributed by atoms with van der Waals surface area (Å²) in [7, 11) is 0. The number of carbonyl (C=O) groups excluding carboxylic acids is 2. The van der Waals surface area contributed by atoms with Gasteiger partial charge in [-0.2, -0.15) is 0 Å². The zero-order valence-corrected chi connectivity index (χ0v) is 14.4. The van der Waals surface area contributed by atoms with E-state index in [0.717, 1.165) is 17.3 Å². The number of anilines is 1. The minimum absolute atomic E-state index is 0.117. The fourth-order valence-corrected chi connectivity index (χ4v) is 3.44. The lowest BCUT2D eigenvalue weighted by molar-refractivity contribution is -0.126. The van der Waals surface area contributed by atoms with Gasteiger partial charge in [-0.3, -0.25) is 14.5 Å². The summed E-state index contributed by atoms with van der Waals surface area (Å²) in [5.41, 5.74) is 1.73. The molecule has 2 aromatic rings. The van der Waals surface area contributed by atoms with Crippen LogP contribution in [0.2, 0.25) is 0 Å². The molecular weight excluding hydrogens is 344 g/mol. The summed E-state index contributed by atoms with van der Waals surface area (Å²) in [6.45, 7) is 1.82. The third-order valence-corrected chi connectivity index (χ3v) is 4.67. The van der Waals surface area contributed by atoms with E-state index in [1.54, 1.807) is 24.3 Å².